The van der Waals surface area contributed by atoms with Gasteiger partial charge in [0, 0.05) is 11.3 Å². The summed E-state index contributed by atoms with van der Waals surface area (Å²) in [6.07, 6.45) is 0.934. The molecule has 1 aromatic carbocycles. The van der Waals surface area contributed by atoms with E-state index in [1.165, 1.54) is 5.56 Å². The third kappa shape index (κ3) is 3.63. The van der Waals surface area contributed by atoms with Gasteiger partial charge in [0.15, 0.2) is 0 Å². The second-order valence-electron chi connectivity index (χ2n) is 5.12. The van der Waals surface area contributed by atoms with Crippen LogP contribution in [-0.4, -0.2) is 22.9 Å². The summed E-state index contributed by atoms with van der Waals surface area (Å²) in [4.78, 5) is 0. The fourth-order valence-corrected chi connectivity index (χ4v) is 2.67. The van der Waals surface area contributed by atoms with Crippen LogP contribution >= 0.6 is 11.6 Å². The van der Waals surface area contributed by atoms with Gasteiger partial charge in [-0.25, -0.2) is 4.39 Å². The number of aromatic nitrogens is 2. The van der Waals surface area contributed by atoms with E-state index in [1.807, 2.05) is 18.5 Å². The highest BCUT2D eigenvalue weighted by Gasteiger charge is 2.13. The van der Waals surface area contributed by atoms with Crippen LogP contribution in [0.3, 0.4) is 0 Å². The average molecular weight is 310 g/mol. The maximum Gasteiger partial charge on any atom is 0.146 e. The van der Waals surface area contributed by atoms with E-state index < -0.39 is 0 Å². The molecule has 1 N–H and O–H groups in total. The Morgan fingerprint density at radius 1 is 1.33 bits per heavy atom. The van der Waals surface area contributed by atoms with Gasteiger partial charge in [0.1, 0.15) is 5.82 Å². The number of nitrogens with zero attached hydrogens (tertiary/aromatic N) is 2. The van der Waals surface area contributed by atoms with Gasteiger partial charge < -0.3 is 5.32 Å². The van der Waals surface area contributed by atoms with Crippen molar-refractivity contribution in [2.75, 3.05) is 13.1 Å². The summed E-state index contributed by atoms with van der Waals surface area (Å²) in [6, 6.07) is 5.07. The molecule has 0 radical (unpaired) electrons. The van der Waals surface area contributed by atoms with E-state index in [0.717, 1.165) is 30.9 Å². The van der Waals surface area contributed by atoms with Crippen LogP contribution < -0.4 is 5.32 Å². The van der Waals surface area contributed by atoms with Crippen LogP contribution in [0.25, 0.3) is 0 Å². The third-order valence-electron chi connectivity index (χ3n) is 3.68. The lowest BCUT2D eigenvalue weighted by Gasteiger charge is -2.08. The Bertz CT molecular complexity index is 622. The number of nitrogens with one attached hydrogen (secondary N) is 1. The SMILES string of the molecule is CCNCCc1c(C)nn(Cc2cccc(Cl)c2F)c1C. The zero-order chi connectivity index (χ0) is 15.4. The molecule has 0 unspecified atom stereocenters. The third-order valence-corrected chi connectivity index (χ3v) is 3.98. The van der Waals surface area contributed by atoms with E-state index in [1.54, 1.807) is 18.2 Å². The van der Waals surface area contributed by atoms with E-state index >= 15 is 0 Å². The Balaban J connectivity index is 2.21. The summed E-state index contributed by atoms with van der Waals surface area (Å²) < 4.78 is 15.8. The van der Waals surface area contributed by atoms with Crippen molar-refractivity contribution >= 4 is 11.6 Å². The molecule has 2 aromatic rings. The molecule has 0 amide bonds. The molecule has 0 aliphatic heterocycles. The monoisotopic (exact) mass is 309 g/mol. The Kier molecular flexibility index (Phi) is 5.37. The van der Waals surface area contributed by atoms with Gasteiger partial charge in [-0.15, -0.1) is 0 Å². The Hall–Kier alpha value is -1.39. The van der Waals surface area contributed by atoms with Crippen molar-refractivity contribution in [2.45, 2.75) is 33.7 Å². The Morgan fingerprint density at radius 3 is 2.81 bits per heavy atom. The van der Waals surface area contributed by atoms with Gasteiger partial charge in [-0.1, -0.05) is 30.7 Å². The molecule has 21 heavy (non-hydrogen) atoms. The first kappa shape index (κ1) is 16.0. The molecule has 0 fully saturated rings. The number of likely N-dealkylation sites (N-methyl/N-ethyl adjacent to an activating group) is 1. The van der Waals surface area contributed by atoms with Crippen molar-refractivity contribution in [3.63, 3.8) is 0 Å². The van der Waals surface area contributed by atoms with Crippen LogP contribution in [-0.2, 0) is 13.0 Å². The van der Waals surface area contributed by atoms with Crippen LogP contribution in [0.1, 0.15) is 29.4 Å². The molecule has 0 spiro atoms. The van der Waals surface area contributed by atoms with Gasteiger partial charge in [0.25, 0.3) is 0 Å². The number of halogens is 2. The van der Waals surface area contributed by atoms with Crippen LogP contribution in [0, 0.1) is 19.7 Å². The van der Waals surface area contributed by atoms with Gasteiger partial charge in [-0.05, 0) is 45.0 Å². The standard InChI is InChI=1S/C16H21ClFN3/c1-4-19-9-8-14-11(2)20-21(12(14)3)10-13-6-5-7-15(17)16(13)18/h5-7,19H,4,8-10H2,1-3H3. The molecular weight excluding hydrogens is 289 g/mol. The molecule has 1 heterocycles. The summed E-state index contributed by atoms with van der Waals surface area (Å²) >= 11 is 5.83. The number of aryl methyl sites for hydroxylation is 1. The first-order valence-corrected chi connectivity index (χ1v) is 7.58. The molecule has 0 aliphatic rings. The largest absolute Gasteiger partial charge is 0.317 e. The molecule has 0 aliphatic carbocycles. The fraction of sp³-hybridized carbons (Fsp3) is 0.438. The highest BCUT2D eigenvalue weighted by Crippen LogP contribution is 2.20. The first-order valence-electron chi connectivity index (χ1n) is 7.21. The zero-order valence-electron chi connectivity index (χ0n) is 12.7. The second-order valence-corrected chi connectivity index (χ2v) is 5.53. The lowest BCUT2D eigenvalue weighted by atomic mass is 10.1. The van der Waals surface area contributed by atoms with Gasteiger partial charge in [-0.2, -0.15) is 5.10 Å². The van der Waals surface area contributed by atoms with Gasteiger partial charge in [0.2, 0.25) is 0 Å². The summed E-state index contributed by atoms with van der Waals surface area (Å²) in [7, 11) is 0. The van der Waals surface area contributed by atoms with E-state index in [4.69, 9.17) is 11.6 Å². The minimum absolute atomic E-state index is 0.154. The summed E-state index contributed by atoms with van der Waals surface area (Å²) in [5.41, 5.74) is 3.89. The Labute approximate surface area is 130 Å². The number of hydrogen-bond donors (Lipinski definition) is 1. The minimum Gasteiger partial charge on any atom is -0.317 e. The summed E-state index contributed by atoms with van der Waals surface area (Å²) in [5.74, 6) is -0.360. The lowest BCUT2D eigenvalue weighted by Crippen LogP contribution is -2.16. The molecule has 3 nitrogen and oxygen atoms in total. The van der Waals surface area contributed by atoms with Gasteiger partial charge in [0.05, 0.1) is 17.3 Å². The van der Waals surface area contributed by atoms with Crippen molar-refractivity contribution in [3.05, 3.63) is 51.6 Å². The first-order chi connectivity index (χ1) is 10.0. The average Bonchev–Trinajstić information content (AvgIpc) is 2.71. The van der Waals surface area contributed by atoms with Crippen LogP contribution in [0.4, 0.5) is 4.39 Å². The van der Waals surface area contributed by atoms with Crippen LogP contribution in [0.2, 0.25) is 5.02 Å². The van der Waals surface area contributed by atoms with Crippen molar-refractivity contribution in [2.24, 2.45) is 0 Å². The molecule has 0 saturated heterocycles. The molecular formula is C16H21ClFN3. The van der Waals surface area contributed by atoms with E-state index in [0.29, 0.717) is 12.1 Å². The predicted octanol–water partition coefficient (Wildman–Crippen LogP) is 3.49. The molecule has 0 atom stereocenters. The van der Waals surface area contributed by atoms with E-state index in [2.05, 4.69) is 17.3 Å². The number of rotatable bonds is 6. The summed E-state index contributed by atoms with van der Waals surface area (Å²) in [6.45, 7) is 8.41. The van der Waals surface area contributed by atoms with E-state index in [9.17, 15) is 4.39 Å². The fourth-order valence-electron chi connectivity index (χ4n) is 2.47. The maximum atomic E-state index is 14.0. The lowest BCUT2D eigenvalue weighted by molar-refractivity contribution is 0.578. The second kappa shape index (κ2) is 7.05. The Morgan fingerprint density at radius 2 is 2.10 bits per heavy atom. The smallest absolute Gasteiger partial charge is 0.146 e. The van der Waals surface area contributed by atoms with Crippen molar-refractivity contribution in [1.82, 2.24) is 15.1 Å². The van der Waals surface area contributed by atoms with Crippen molar-refractivity contribution in [1.29, 1.82) is 0 Å². The molecule has 114 valence electrons. The van der Waals surface area contributed by atoms with Gasteiger partial charge >= 0.3 is 0 Å². The number of hydrogen-bond acceptors (Lipinski definition) is 2. The highest BCUT2D eigenvalue weighted by atomic mass is 35.5. The van der Waals surface area contributed by atoms with Crippen LogP contribution in [0.5, 0.6) is 0 Å². The van der Waals surface area contributed by atoms with Gasteiger partial charge in [-0.3, -0.25) is 4.68 Å². The zero-order valence-corrected chi connectivity index (χ0v) is 13.5. The van der Waals surface area contributed by atoms with Crippen LogP contribution in [0.15, 0.2) is 18.2 Å². The minimum atomic E-state index is -0.360. The molecule has 1 aromatic heterocycles. The van der Waals surface area contributed by atoms with Crippen molar-refractivity contribution < 1.29 is 4.39 Å². The number of benzene rings is 1. The van der Waals surface area contributed by atoms with E-state index in [-0.39, 0.29) is 10.8 Å². The van der Waals surface area contributed by atoms with Crippen molar-refractivity contribution in [3.8, 4) is 0 Å². The molecule has 0 bridgehead atoms. The molecule has 2 rings (SSSR count). The highest BCUT2D eigenvalue weighted by molar-refractivity contribution is 6.30. The topological polar surface area (TPSA) is 29.9 Å². The summed E-state index contributed by atoms with van der Waals surface area (Å²) in [5, 5.41) is 8.00. The normalized spacial score (nSPS) is 11.1. The molecule has 0 saturated carbocycles. The maximum absolute atomic E-state index is 14.0. The predicted molar refractivity (Wildman–Crippen MR) is 84.5 cm³/mol. The molecule has 5 heteroatoms. The quantitative estimate of drug-likeness (QED) is 0.828.